The Morgan fingerprint density at radius 1 is 1.15 bits per heavy atom. The predicted molar refractivity (Wildman–Crippen MR) is 97.4 cm³/mol. The Hall–Kier alpha value is -2.94. The van der Waals surface area contributed by atoms with Gasteiger partial charge in [-0.1, -0.05) is 22.0 Å². The van der Waals surface area contributed by atoms with E-state index in [2.05, 4.69) is 15.9 Å². The minimum atomic E-state index is -0.791. The number of hydrogen-bond acceptors (Lipinski definition) is 7. The van der Waals surface area contributed by atoms with Gasteiger partial charge in [0.05, 0.1) is 30.4 Å². The summed E-state index contributed by atoms with van der Waals surface area (Å²) in [7, 11) is 2.36. The summed E-state index contributed by atoms with van der Waals surface area (Å²) in [6.07, 6.45) is 6.04. The van der Waals surface area contributed by atoms with Gasteiger partial charge in [-0.25, -0.2) is 9.59 Å². The first-order valence-electron chi connectivity index (χ1n) is 7.31. The Kier molecular flexibility index (Phi) is 5.93. The molecule has 0 saturated heterocycles. The van der Waals surface area contributed by atoms with Crippen molar-refractivity contribution in [3.63, 3.8) is 0 Å². The van der Waals surface area contributed by atoms with E-state index in [4.69, 9.17) is 9.47 Å². The van der Waals surface area contributed by atoms with Crippen LogP contribution in [0.4, 0.5) is 11.4 Å². The van der Waals surface area contributed by atoms with Crippen molar-refractivity contribution < 1.29 is 24.0 Å². The third-order valence-corrected chi connectivity index (χ3v) is 4.49. The quantitative estimate of drug-likeness (QED) is 0.417. The average Bonchev–Trinajstić information content (AvgIpc) is 2.85. The Morgan fingerprint density at radius 3 is 2.38 bits per heavy atom. The van der Waals surface area contributed by atoms with E-state index in [0.717, 1.165) is 0 Å². The largest absolute Gasteiger partial charge is 0.465 e. The van der Waals surface area contributed by atoms with Gasteiger partial charge in [-0.05, 0) is 25.1 Å². The normalized spacial score (nSPS) is 13.5. The maximum atomic E-state index is 12.4. The number of esters is 2. The first-order chi connectivity index (χ1) is 12.3. The molecule has 0 spiro atoms. The van der Waals surface area contributed by atoms with E-state index in [1.165, 1.54) is 37.5 Å². The summed E-state index contributed by atoms with van der Waals surface area (Å²) in [5.74, 6) is -1.53. The zero-order chi connectivity index (χ0) is 19.4. The fourth-order valence-corrected chi connectivity index (χ4v) is 2.78. The molecule has 8 nitrogen and oxygen atoms in total. The van der Waals surface area contributed by atoms with Gasteiger partial charge in [0.15, 0.2) is 0 Å². The number of carbonyl (C=O) groups is 2. The standard InChI is InChI=1S/C17H15BrN2O6/c1-10-13(18)8-11(9-14(10)20(23)24)19-7-5-4-6-12(16(21)25-2)15(19)17(22)26-3/h4-9H,1-3H3. The molecular weight excluding hydrogens is 408 g/mol. The highest BCUT2D eigenvalue weighted by Crippen LogP contribution is 2.35. The van der Waals surface area contributed by atoms with Crippen LogP contribution < -0.4 is 4.90 Å². The molecule has 0 amide bonds. The molecule has 0 aliphatic carbocycles. The van der Waals surface area contributed by atoms with E-state index >= 15 is 0 Å². The number of anilines is 1. The Morgan fingerprint density at radius 2 is 1.81 bits per heavy atom. The monoisotopic (exact) mass is 422 g/mol. The lowest BCUT2D eigenvalue weighted by molar-refractivity contribution is -0.385. The number of halogens is 1. The van der Waals surface area contributed by atoms with Gasteiger partial charge in [-0.15, -0.1) is 0 Å². The van der Waals surface area contributed by atoms with Crippen LogP contribution in [-0.2, 0) is 19.1 Å². The van der Waals surface area contributed by atoms with Crippen molar-refractivity contribution in [3.05, 3.63) is 68.0 Å². The van der Waals surface area contributed by atoms with Gasteiger partial charge < -0.3 is 14.4 Å². The van der Waals surface area contributed by atoms with Gasteiger partial charge >= 0.3 is 11.9 Å². The summed E-state index contributed by atoms with van der Waals surface area (Å²) in [6, 6.07) is 2.92. The molecule has 1 heterocycles. The van der Waals surface area contributed by atoms with Crippen molar-refractivity contribution >= 4 is 39.2 Å². The van der Waals surface area contributed by atoms with Crippen LogP contribution in [0.25, 0.3) is 0 Å². The third kappa shape index (κ3) is 3.67. The maximum absolute atomic E-state index is 12.4. The average molecular weight is 423 g/mol. The molecule has 9 heteroatoms. The zero-order valence-electron chi connectivity index (χ0n) is 14.2. The van der Waals surface area contributed by atoms with Crippen molar-refractivity contribution in [3.8, 4) is 0 Å². The summed E-state index contributed by atoms with van der Waals surface area (Å²) in [5, 5.41) is 11.3. The van der Waals surface area contributed by atoms with Crippen LogP contribution in [0.5, 0.6) is 0 Å². The smallest absolute Gasteiger partial charge is 0.355 e. The Labute approximate surface area is 157 Å². The summed E-state index contributed by atoms with van der Waals surface area (Å²) >= 11 is 3.29. The first kappa shape index (κ1) is 19.4. The molecule has 0 atom stereocenters. The lowest BCUT2D eigenvalue weighted by Gasteiger charge is -2.23. The summed E-state index contributed by atoms with van der Waals surface area (Å²) in [6.45, 7) is 1.60. The van der Waals surface area contributed by atoms with E-state index in [9.17, 15) is 19.7 Å². The molecule has 0 N–H and O–H groups in total. The molecule has 1 aliphatic heterocycles. The number of benzene rings is 1. The van der Waals surface area contributed by atoms with Crippen LogP contribution in [-0.4, -0.2) is 31.1 Å². The van der Waals surface area contributed by atoms with Crippen LogP contribution in [0, 0.1) is 17.0 Å². The van der Waals surface area contributed by atoms with E-state index in [0.29, 0.717) is 15.7 Å². The number of rotatable bonds is 4. The molecule has 0 fully saturated rings. The Bertz CT molecular complexity index is 872. The van der Waals surface area contributed by atoms with Crippen molar-refractivity contribution in [2.75, 3.05) is 19.1 Å². The van der Waals surface area contributed by atoms with Crippen molar-refractivity contribution in [1.29, 1.82) is 0 Å². The summed E-state index contributed by atoms with van der Waals surface area (Å²) in [4.78, 5) is 36.6. The van der Waals surface area contributed by atoms with Crippen LogP contribution in [0.15, 0.2) is 52.3 Å². The van der Waals surface area contributed by atoms with E-state index in [-0.39, 0.29) is 17.0 Å². The van der Waals surface area contributed by atoms with E-state index < -0.39 is 16.9 Å². The maximum Gasteiger partial charge on any atom is 0.355 e. The fourth-order valence-electron chi connectivity index (χ4n) is 2.34. The molecular formula is C17H15BrN2O6. The second-order valence-electron chi connectivity index (χ2n) is 5.14. The van der Waals surface area contributed by atoms with Gasteiger partial charge in [0, 0.05) is 22.3 Å². The molecule has 1 aromatic rings. The van der Waals surface area contributed by atoms with E-state index in [1.54, 1.807) is 25.1 Å². The number of nitro groups is 1. The van der Waals surface area contributed by atoms with Gasteiger partial charge in [0.2, 0.25) is 0 Å². The van der Waals surface area contributed by atoms with Crippen molar-refractivity contribution in [1.82, 2.24) is 0 Å². The molecule has 0 bridgehead atoms. The SMILES string of the molecule is COC(=O)C1=C(C(=O)OC)N(c2cc(Br)c(C)c([N+](=O)[O-])c2)C=CC=C1. The third-order valence-electron chi connectivity index (χ3n) is 3.67. The van der Waals surface area contributed by atoms with Gasteiger partial charge in [0.25, 0.3) is 5.69 Å². The highest BCUT2D eigenvalue weighted by atomic mass is 79.9. The number of carbonyl (C=O) groups excluding carboxylic acids is 2. The number of hydrogen-bond donors (Lipinski definition) is 0. The number of nitro benzene ring substituents is 1. The molecule has 26 heavy (non-hydrogen) atoms. The highest BCUT2D eigenvalue weighted by molar-refractivity contribution is 9.10. The van der Waals surface area contributed by atoms with Gasteiger partial charge in [-0.2, -0.15) is 0 Å². The number of methoxy groups -OCH3 is 2. The molecule has 1 aliphatic rings. The van der Waals surface area contributed by atoms with Crippen LogP contribution in [0.3, 0.4) is 0 Å². The van der Waals surface area contributed by atoms with Crippen molar-refractivity contribution in [2.24, 2.45) is 0 Å². The second kappa shape index (κ2) is 7.96. The van der Waals surface area contributed by atoms with E-state index in [1.807, 2.05) is 0 Å². The molecule has 0 radical (unpaired) electrons. The minimum Gasteiger partial charge on any atom is -0.465 e. The molecule has 2 rings (SSSR count). The zero-order valence-corrected chi connectivity index (χ0v) is 15.8. The van der Waals surface area contributed by atoms with Gasteiger partial charge in [0.1, 0.15) is 5.70 Å². The molecule has 0 aromatic heterocycles. The second-order valence-corrected chi connectivity index (χ2v) is 6.00. The first-order valence-corrected chi connectivity index (χ1v) is 8.10. The molecule has 1 aromatic carbocycles. The predicted octanol–water partition coefficient (Wildman–Crippen LogP) is 3.16. The number of nitrogens with zero attached hydrogens (tertiary/aromatic N) is 2. The molecule has 0 saturated carbocycles. The van der Waals surface area contributed by atoms with Gasteiger partial charge in [-0.3, -0.25) is 10.1 Å². The summed E-state index contributed by atoms with van der Waals surface area (Å²) < 4.78 is 10.0. The topological polar surface area (TPSA) is 99.0 Å². The van der Waals surface area contributed by atoms with Crippen molar-refractivity contribution in [2.45, 2.75) is 6.92 Å². The lowest BCUT2D eigenvalue weighted by Crippen LogP contribution is -2.27. The number of ether oxygens (including phenoxy) is 2. The summed E-state index contributed by atoms with van der Waals surface area (Å²) in [5.41, 5.74) is 0.449. The van der Waals surface area contributed by atoms with Crippen LogP contribution >= 0.6 is 15.9 Å². The molecule has 0 unspecified atom stereocenters. The highest BCUT2D eigenvalue weighted by Gasteiger charge is 2.29. The Balaban J connectivity index is 2.75. The molecule has 136 valence electrons. The van der Waals surface area contributed by atoms with Crippen LogP contribution in [0.2, 0.25) is 0 Å². The van der Waals surface area contributed by atoms with Crippen LogP contribution in [0.1, 0.15) is 5.56 Å². The number of allylic oxidation sites excluding steroid dienone is 2. The minimum absolute atomic E-state index is 0.0382. The lowest BCUT2D eigenvalue weighted by atomic mass is 10.1. The fraction of sp³-hybridized carbons (Fsp3) is 0.176.